The number of alkyl carbamates (subject to hydrolysis) is 3. The average Bonchev–Trinajstić information content (AvgIpc) is 1.64. The molecule has 5 amide bonds. The quantitative estimate of drug-likeness (QED) is 0.0235. The van der Waals surface area contributed by atoms with Crippen molar-refractivity contribution in [1.29, 1.82) is 0 Å². The van der Waals surface area contributed by atoms with Gasteiger partial charge in [-0.1, -0.05) is 51.4 Å². The number of carbonyl (C=O) groups excluding carboxylic acids is 9. The molecule has 2 fully saturated rings. The Morgan fingerprint density at radius 1 is 0.418 bits per heavy atom. The topological polar surface area (TPSA) is 372 Å². The zero-order chi connectivity index (χ0) is 97.5. The fourth-order valence-electron chi connectivity index (χ4n) is 17.0. The van der Waals surface area contributed by atoms with Gasteiger partial charge >= 0.3 is 42.3 Å². The third-order valence-electron chi connectivity index (χ3n) is 23.5. The zero-order valence-electron chi connectivity index (χ0n) is 79.8. The fourth-order valence-corrected chi connectivity index (χ4v) is 17.4. The van der Waals surface area contributed by atoms with E-state index in [1.165, 1.54) is 38.3 Å². The number of aromatic nitrogens is 2. The van der Waals surface area contributed by atoms with E-state index in [9.17, 15) is 47.9 Å². The van der Waals surface area contributed by atoms with E-state index in [0.29, 0.717) is 41.0 Å². The van der Waals surface area contributed by atoms with Crippen LogP contribution in [0.5, 0.6) is 5.75 Å². The number of aromatic carboxylic acids is 1. The number of nitrogens with zero attached hydrogens (tertiary/aromatic N) is 7. The lowest BCUT2D eigenvalue weighted by atomic mass is 10.0. The number of rotatable bonds is 13. The third-order valence-corrected chi connectivity index (χ3v) is 24.0. The number of pyridine rings is 2. The number of Topliss-reactive ketones (excluding diaryl/α,β-unsaturated/α-hetero) is 2. The highest BCUT2D eigenvalue weighted by Crippen LogP contribution is 2.38. The van der Waals surface area contributed by atoms with Gasteiger partial charge in [0.15, 0.2) is 17.3 Å². The molecule has 0 bridgehead atoms. The molecule has 716 valence electrons. The van der Waals surface area contributed by atoms with E-state index in [4.69, 9.17) is 38.9 Å². The van der Waals surface area contributed by atoms with Crippen LogP contribution in [0.4, 0.5) is 30.6 Å². The Balaban J connectivity index is 0.000000166. The second-order valence-corrected chi connectivity index (χ2v) is 38.6. The summed E-state index contributed by atoms with van der Waals surface area (Å²) < 4.78 is 31.7. The molecule has 3 atom stereocenters. The summed E-state index contributed by atoms with van der Waals surface area (Å²) >= 11 is 3.37. The fraction of sp³-hybridized carbons (Fsp3) is 0.447. The van der Waals surface area contributed by atoms with Gasteiger partial charge in [0.2, 0.25) is 0 Å². The van der Waals surface area contributed by atoms with Crippen molar-refractivity contribution in [3.8, 4) is 5.75 Å². The molecule has 2 saturated heterocycles. The van der Waals surface area contributed by atoms with Crippen molar-refractivity contribution in [2.24, 2.45) is 5.16 Å². The summed E-state index contributed by atoms with van der Waals surface area (Å²) in [6.45, 7) is 25.9. The number of carboxylic acid groups (broad SMARTS) is 1. The number of halogens is 1. The van der Waals surface area contributed by atoms with Crippen molar-refractivity contribution >= 4 is 92.8 Å². The highest BCUT2D eigenvalue weighted by atomic mass is 79.9. The maximum Gasteiger partial charge on any atom is 0.410 e. The van der Waals surface area contributed by atoms with E-state index in [1.807, 2.05) is 206 Å². The van der Waals surface area contributed by atoms with Gasteiger partial charge in [-0.3, -0.25) is 24.4 Å². The first-order chi connectivity index (χ1) is 63.5. The number of carbonyl (C=O) groups is 10. The Kier molecular flexibility index (Phi) is 36.0. The van der Waals surface area contributed by atoms with Gasteiger partial charge in [0.1, 0.15) is 22.4 Å². The Labute approximate surface area is 793 Å². The minimum absolute atomic E-state index is 0.0590. The Hall–Kier alpha value is -12.8. The molecule has 0 saturated carbocycles. The minimum atomic E-state index is -0.934. The summed E-state index contributed by atoms with van der Waals surface area (Å²) in [5, 5.41) is 29.6. The molecule has 6 aliphatic carbocycles. The van der Waals surface area contributed by atoms with Gasteiger partial charge in [0.05, 0.1) is 61.9 Å². The highest BCUT2D eigenvalue weighted by Gasteiger charge is 2.35. The predicted octanol–water partition coefficient (Wildman–Crippen LogP) is 19.1. The number of benzene rings is 6. The Morgan fingerprint density at radius 3 is 1.20 bits per heavy atom. The molecule has 0 radical (unpaired) electrons. The molecule has 134 heavy (non-hydrogen) atoms. The minimum Gasteiger partial charge on any atom is -0.478 e. The summed E-state index contributed by atoms with van der Waals surface area (Å²) in [6, 6.07) is 41.1. The predicted molar refractivity (Wildman–Crippen MR) is 512 cm³/mol. The van der Waals surface area contributed by atoms with Crippen LogP contribution in [0.25, 0.3) is 0 Å². The molecule has 8 aromatic rings. The highest BCUT2D eigenvalue weighted by molar-refractivity contribution is 9.10. The van der Waals surface area contributed by atoms with E-state index < -0.39 is 46.7 Å². The molecular formula is C103H127BrN10O20. The van der Waals surface area contributed by atoms with Crippen LogP contribution >= 0.6 is 15.9 Å². The number of hydrogen-bond donors (Lipinski definition) is 5. The van der Waals surface area contributed by atoms with Gasteiger partial charge in [-0.05, 0) is 326 Å². The lowest BCUT2D eigenvalue weighted by Gasteiger charge is -2.38. The first-order valence-electron chi connectivity index (χ1n) is 45.3. The number of hydrogen-bond acceptors (Lipinski definition) is 24. The van der Waals surface area contributed by atoms with Crippen molar-refractivity contribution in [3.63, 3.8) is 0 Å². The second kappa shape index (κ2) is 46.7. The number of esters is 2. The molecule has 6 aromatic carbocycles. The molecule has 0 spiro atoms. The summed E-state index contributed by atoms with van der Waals surface area (Å²) in [7, 11) is 7.92. The van der Waals surface area contributed by atoms with Crippen molar-refractivity contribution in [3.05, 3.63) is 252 Å². The normalized spacial score (nSPS) is 16.9. The monoisotopic (exact) mass is 1900 g/mol. The van der Waals surface area contributed by atoms with Crippen LogP contribution < -0.4 is 30.6 Å². The number of piperidine rings is 2. The van der Waals surface area contributed by atoms with E-state index in [0.717, 1.165) is 182 Å². The van der Waals surface area contributed by atoms with Crippen LogP contribution in [-0.4, -0.2) is 192 Å². The number of ether oxygens (including phenoxy) is 6. The number of carboxylic acids is 1. The van der Waals surface area contributed by atoms with Crippen LogP contribution in [0, 0.1) is 0 Å². The zero-order valence-corrected chi connectivity index (χ0v) is 81.4. The number of aryl methyl sites for hydroxylation is 6. The molecule has 30 nitrogen and oxygen atoms in total. The van der Waals surface area contributed by atoms with Gasteiger partial charge in [-0.25, -0.2) is 33.6 Å². The molecular weight excluding hydrogens is 1780 g/mol. The SMILES string of the molecule is CC(C)(C)OC(=O)NC1CCc2cc(C(=O)O)ccc21.CN(C(=O)OC(C)(C)C)C1CCN(c2ccncc2)CC1.CN(C(=O)c1ccc2c(c1)CCC2NC(=O)OC(C)(C)C)C1CCN(c2ccncc2)CC1.COC(=O)c1ccc2c(c1)CC/C2=N/O.COC(=O)c1ccc2c(c1)CCC2NC(=O)OC(C)(C)C.COOc1ccc2c(c1)CCC2=O.O=C1CCc2cc(Br)ccc21. The van der Waals surface area contributed by atoms with Crippen molar-refractivity contribution in [2.45, 2.75) is 238 Å². The summed E-state index contributed by atoms with van der Waals surface area (Å²) in [4.78, 5) is 143. The number of fused-ring (bicyclic) bond motifs is 6. The Morgan fingerprint density at radius 2 is 0.784 bits per heavy atom. The summed E-state index contributed by atoms with van der Waals surface area (Å²) in [5.41, 5.74) is 15.3. The molecule has 8 aliphatic rings. The summed E-state index contributed by atoms with van der Waals surface area (Å²) in [5.74, 6) is -0.406. The van der Waals surface area contributed by atoms with Crippen LogP contribution in [0.1, 0.15) is 283 Å². The first-order valence-corrected chi connectivity index (χ1v) is 46.1. The molecule has 4 heterocycles. The number of anilines is 2. The van der Waals surface area contributed by atoms with Crippen LogP contribution in [0.2, 0.25) is 0 Å². The third kappa shape index (κ3) is 29.9. The number of amides is 5. The van der Waals surface area contributed by atoms with E-state index >= 15 is 0 Å². The lowest BCUT2D eigenvalue weighted by Crippen LogP contribution is -2.47. The maximum absolute atomic E-state index is 13.2. The van der Waals surface area contributed by atoms with Crippen molar-refractivity contribution < 1.29 is 96.5 Å². The smallest absolute Gasteiger partial charge is 0.410 e. The van der Waals surface area contributed by atoms with Gasteiger partial charge in [0.25, 0.3) is 5.91 Å². The van der Waals surface area contributed by atoms with Crippen LogP contribution in [-0.2, 0) is 71.8 Å². The Bertz CT molecular complexity index is 5510. The van der Waals surface area contributed by atoms with Gasteiger partial charge in [-0.15, -0.1) is 0 Å². The van der Waals surface area contributed by atoms with E-state index in [1.54, 1.807) is 59.5 Å². The van der Waals surface area contributed by atoms with Gasteiger partial charge in [0, 0.05) is 128 Å². The number of nitrogens with one attached hydrogen (secondary N) is 3. The first kappa shape index (κ1) is 103. The molecule has 31 heteroatoms. The van der Waals surface area contributed by atoms with Crippen LogP contribution in [0.3, 0.4) is 0 Å². The van der Waals surface area contributed by atoms with Crippen molar-refractivity contribution in [2.75, 3.05) is 71.4 Å². The molecule has 3 unspecified atom stereocenters. The van der Waals surface area contributed by atoms with E-state index in [2.05, 4.69) is 66.4 Å². The number of ketones is 2. The molecule has 16 rings (SSSR count). The molecule has 5 N–H and O–H groups in total. The molecule has 2 aliphatic heterocycles. The van der Waals surface area contributed by atoms with E-state index in [-0.39, 0.29) is 71.3 Å². The average molecular weight is 1910 g/mol. The maximum atomic E-state index is 13.2. The van der Waals surface area contributed by atoms with Gasteiger partial charge in [-0.2, -0.15) is 4.89 Å². The van der Waals surface area contributed by atoms with Crippen molar-refractivity contribution in [1.82, 2.24) is 35.7 Å². The standard InChI is InChI=1S/C26H34N4O3.C16H25N3O2.C16H21NO4.C15H19NO4.C11H11NO3.C10H10O3.C9H7BrO/c1-26(2,3)33-25(32)28-23-8-6-18-17-19(5-7-22(18)23)24(31)29(4)20-11-15-30(16-12-20)21-9-13-27-14-10-21;1-16(2,3)21-15(20)18(4)13-7-11-19(12-8-13)14-5-9-17-10-6-14;1-16(2,3)21-15(19)17-13-8-6-10-9-11(14(18)20-4)5-7-12(10)13;1-15(2,3)20-14(19)16-12-7-5-9-8-10(13(17)18)4-6-11(9)12;1-15-11(13)8-2-4-9-7(6-8)3-5-10(9)12-14;1-12-13-8-3-4-9-7(6-8)2-5-10(9)11;10-7-2-3-8-6(5-7)1-4-9(8)11/h5,7,9-10,13-14,17,20,23H,6,8,11-12,15-16H2,1-4H3,(H,28,32);5-6,9-10,13H,7-8,11-12H2,1-4H3;5,7,9,13H,6,8H2,1-4H3,(H,17,19);4,6,8,12H,5,7H2,1-3H3,(H,16,19)(H,17,18);2,4,6,14H,3,5H2,1H3;3-4,6H,2,5H2,1H3;2-3,5H,1,4H2/b;;;;12-10-;;. The summed E-state index contributed by atoms with van der Waals surface area (Å²) in [6.07, 6.45) is 18.9. The second-order valence-electron chi connectivity index (χ2n) is 37.7. The molecule has 2 aromatic heterocycles. The van der Waals surface area contributed by atoms with Crippen LogP contribution in [0.15, 0.2) is 168 Å². The number of oxime groups is 1. The lowest BCUT2D eigenvalue weighted by molar-refractivity contribution is -0.178. The largest absolute Gasteiger partial charge is 0.478 e. The van der Waals surface area contributed by atoms with Gasteiger partial charge < -0.3 is 79.2 Å². The number of methoxy groups -OCH3 is 2.